The number of halogens is 1. The van der Waals surface area contributed by atoms with E-state index < -0.39 is 12.0 Å². The zero-order chi connectivity index (χ0) is 14.7. The van der Waals surface area contributed by atoms with E-state index in [2.05, 4.69) is 21.2 Å². The van der Waals surface area contributed by atoms with E-state index in [1.54, 1.807) is 23.1 Å². The van der Waals surface area contributed by atoms with Crippen LogP contribution in [0.4, 0.5) is 5.69 Å². The fourth-order valence-electron chi connectivity index (χ4n) is 2.18. The Balaban J connectivity index is 2.35. The Labute approximate surface area is 124 Å². The molecule has 2 N–H and O–H groups in total. The molecule has 1 aromatic carbocycles. The molecular weight excluding hydrogens is 326 g/mol. The van der Waals surface area contributed by atoms with Gasteiger partial charge in [0, 0.05) is 17.6 Å². The summed E-state index contributed by atoms with van der Waals surface area (Å²) in [4.78, 5) is 24.5. The van der Waals surface area contributed by atoms with Crippen molar-refractivity contribution in [3.05, 3.63) is 28.2 Å². The fourth-order valence-corrected chi connectivity index (χ4v) is 2.79. The first-order valence-corrected chi connectivity index (χ1v) is 6.78. The third-order valence-electron chi connectivity index (χ3n) is 3.08. The van der Waals surface area contributed by atoms with E-state index in [0.29, 0.717) is 28.8 Å². The molecule has 1 amide bonds. The van der Waals surface area contributed by atoms with Gasteiger partial charge in [-0.2, -0.15) is 5.26 Å². The monoisotopic (exact) mass is 337 g/mol. The van der Waals surface area contributed by atoms with Gasteiger partial charge in [0.25, 0.3) is 0 Å². The summed E-state index contributed by atoms with van der Waals surface area (Å²) >= 11 is 3.37. The molecule has 1 aromatic rings. The topological polar surface area (TPSA) is 93.4 Å². The molecule has 1 aliphatic heterocycles. The molecule has 2 rings (SSSR count). The number of nitrogens with zero attached hydrogens (tertiary/aromatic N) is 2. The molecule has 0 aromatic heterocycles. The third-order valence-corrected chi connectivity index (χ3v) is 3.72. The van der Waals surface area contributed by atoms with Gasteiger partial charge in [-0.05, 0) is 34.1 Å². The number of carboxylic acids is 1. The molecule has 104 valence electrons. The summed E-state index contributed by atoms with van der Waals surface area (Å²) in [6.07, 6.45) is -0.266. The molecule has 0 saturated carbocycles. The third kappa shape index (κ3) is 2.91. The van der Waals surface area contributed by atoms with Gasteiger partial charge in [-0.1, -0.05) is 0 Å². The van der Waals surface area contributed by atoms with Crippen molar-refractivity contribution >= 4 is 33.5 Å². The number of hydrogen-bond donors (Lipinski definition) is 2. The second-order valence-corrected chi connectivity index (χ2v) is 5.23. The molecule has 6 nitrogen and oxygen atoms in total. The first-order chi connectivity index (χ1) is 9.52. The number of piperazine rings is 1. The number of anilines is 1. The van der Waals surface area contributed by atoms with Gasteiger partial charge >= 0.3 is 5.97 Å². The number of hydrogen-bond acceptors (Lipinski definition) is 4. The average molecular weight is 338 g/mol. The predicted molar refractivity (Wildman–Crippen MR) is 75.3 cm³/mol. The molecule has 0 bridgehead atoms. The van der Waals surface area contributed by atoms with E-state index in [4.69, 9.17) is 10.4 Å². The summed E-state index contributed by atoms with van der Waals surface area (Å²) in [7, 11) is 0. The Hall–Kier alpha value is -2.07. The van der Waals surface area contributed by atoms with Gasteiger partial charge in [0.05, 0.1) is 23.7 Å². The summed E-state index contributed by atoms with van der Waals surface area (Å²) in [6, 6.07) is 6.30. The van der Waals surface area contributed by atoms with Crippen LogP contribution in [0.15, 0.2) is 22.7 Å². The molecule has 1 atom stereocenters. The van der Waals surface area contributed by atoms with Crippen LogP contribution in [0.3, 0.4) is 0 Å². The van der Waals surface area contributed by atoms with E-state index in [0.717, 1.165) is 0 Å². The van der Waals surface area contributed by atoms with E-state index in [1.807, 2.05) is 6.07 Å². The van der Waals surface area contributed by atoms with Crippen LogP contribution in [0.5, 0.6) is 0 Å². The molecular formula is C13H12BrN3O3. The highest BCUT2D eigenvalue weighted by Crippen LogP contribution is 2.30. The minimum atomic E-state index is -1.03. The smallest absolute Gasteiger partial charge is 0.305 e. The van der Waals surface area contributed by atoms with Gasteiger partial charge in [-0.25, -0.2) is 0 Å². The first kappa shape index (κ1) is 14.3. The van der Waals surface area contributed by atoms with E-state index in [1.165, 1.54) is 0 Å². The molecule has 1 aliphatic rings. The first-order valence-electron chi connectivity index (χ1n) is 5.98. The number of aliphatic carboxylic acids is 1. The van der Waals surface area contributed by atoms with Crippen LogP contribution in [0, 0.1) is 11.3 Å². The number of nitriles is 1. The van der Waals surface area contributed by atoms with Crippen molar-refractivity contribution in [2.75, 3.05) is 18.0 Å². The molecule has 1 fully saturated rings. The number of nitrogens with one attached hydrogen (secondary N) is 1. The van der Waals surface area contributed by atoms with Gasteiger partial charge < -0.3 is 15.3 Å². The van der Waals surface area contributed by atoms with Crippen molar-refractivity contribution in [2.24, 2.45) is 0 Å². The van der Waals surface area contributed by atoms with Gasteiger partial charge in [-0.3, -0.25) is 9.59 Å². The van der Waals surface area contributed by atoms with E-state index in [9.17, 15) is 9.59 Å². The van der Waals surface area contributed by atoms with Crippen LogP contribution in [-0.2, 0) is 9.59 Å². The molecule has 0 radical (unpaired) electrons. The highest BCUT2D eigenvalue weighted by atomic mass is 79.9. The fraction of sp³-hybridized carbons (Fsp3) is 0.308. The zero-order valence-corrected chi connectivity index (χ0v) is 12.1. The molecule has 7 heteroatoms. The molecule has 0 spiro atoms. The van der Waals surface area contributed by atoms with Gasteiger partial charge in [-0.15, -0.1) is 0 Å². The lowest BCUT2D eigenvalue weighted by Crippen LogP contribution is -2.56. The minimum Gasteiger partial charge on any atom is -0.481 e. The molecule has 1 unspecified atom stereocenters. The maximum Gasteiger partial charge on any atom is 0.305 e. The Bertz CT molecular complexity index is 597. The number of benzene rings is 1. The molecule has 1 heterocycles. The lowest BCUT2D eigenvalue weighted by Gasteiger charge is -2.36. The quantitative estimate of drug-likeness (QED) is 0.861. The van der Waals surface area contributed by atoms with Crippen molar-refractivity contribution in [2.45, 2.75) is 12.5 Å². The molecule has 1 saturated heterocycles. The Morgan fingerprint density at radius 1 is 1.60 bits per heavy atom. The highest BCUT2D eigenvalue weighted by molar-refractivity contribution is 9.10. The van der Waals surface area contributed by atoms with Crippen LogP contribution < -0.4 is 10.2 Å². The lowest BCUT2D eigenvalue weighted by molar-refractivity contribution is -0.139. The molecule has 0 aliphatic carbocycles. The second kappa shape index (κ2) is 5.92. The SMILES string of the molecule is N#Cc1ccc(N2CCNC(=O)C2CC(=O)O)c(Br)c1. The Kier molecular flexibility index (Phi) is 4.25. The summed E-state index contributed by atoms with van der Waals surface area (Å²) < 4.78 is 0.668. The van der Waals surface area contributed by atoms with Gasteiger partial charge in [0.1, 0.15) is 6.04 Å². The predicted octanol–water partition coefficient (Wildman–Crippen LogP) is 1.10. The van der Waals surface area contributed by atoms with Gasteiger partial charge in [0.15, 0.2) is 0 Å². The van der Waals surface area contributed by atoms with Crippen LogP contribution >= 0.6 is 15.9 Å². The maximum absolute atomic E-state index is 11.9. The van der Waals surface area contributed by atoms with Crippen LogP contribution in [0.25, 0.3) is 0 Å². The Morgan fingerprint density at radius 2 is 2.35 bits per heavy atom. The van der Waals surface area contributed by atoms with Crippen molar-refractivity contribution in [1.29, 1.82) is 5.26 Å². The maximum atomic E-state index is 11.9. The summed E-state index contributed by atoms with van der Waals surface area (Å²) in [5.41, 5.74) is 1.21. The van der Waals surface area contributed by atoms with Crippen molar-refractivity contribution in [3.8, 4) is 6.07 Å². The summed E-state index contributed by atoms with van der Waals surface area (Å²) in [5, 5.41) is 20.5. The normalized spacial score (nSPS) is 18.3. The largest absolute Gasteiger partial charge is 0.481 e. The number of carbonyl (C=O) groups excluding carboxylic acids is 1. The second-order valence-electron chi connectivity index (χ2n) is 4.38. The summed E-state index contributed by atoms with van der Waals surface area (Å²) in [6.45, 7) is 0.982. The number of carbonyl (C=O) groups is 2. The zero-order valence-electron chi connectivity index (χ0n) is 10.5. The minimum absolute atomic E-state index is 0.266. The van der Waals surface area contributed by atoms with E-state index >= 15 is 0 Å². The van der Waals surface area contributed by atoms with Crippen LogP contribution in [0.2, 0.25) is 0 Å². The highest BCUT2D eigenvalue weighted by Gasteiger charge is 2.32. The van der Waals surface area contributed by atoms with Gasteiger partial charge in [0.2, 0.25) is 5.91 Å². The van der Waals surface area contributed by atoms with Crippen LogP contribution in [-0.4, -0.2) is 36.1 Å². The number of carboxylic acid groups (broad SMARTS) is 1. The summed E-state index contributed by atoms with van der Waals surface area (Å²) in [5.74, 6) is -1.32. The van der Waals surface area contributed by atoms with Crippen molar-refractivity contribution in [3.63, 3.8) is 0 Å². The molecule has 20 heavy (non-hydrogen) atoms. The lowest BCUT2D eigenvalue weighted by atomic mass is 10.1. The standard InChI is InChI=1S/C13H12BrN3O3/c14-9-5-8(7-15)1-2-10(9)17-4-3-16-13(20)11(17)6-12(18)19/h1-2,5,11H,3-4,6H2,(H,16,20)(H,18,19). The number of rotatable bonds is 3. The van der Waals surface area contributed by atoms with E-state index in [-0.39, 0.29) is 12.3 Å². The van der Waals surface area contributed by atoms with Crippen molar-refractivity contribution in [1.82, 2.24) is 5.32 Å². The number of amides is 1. The van der Waals surface area contributed by atoms with Crippen LogP contribution in [0.1, 0.15) is 12.0 Å². The average Bonchev–Trinajstić information content (AvgIpc) is 2.41. The van der Waals surface area contributed by atoms with Crippen molar-refractivity contribution < 1.29 is 14.7 Å². The Morgan fingerprint density at radius 3 is 2.95 bits per heavy atom.